The molecular formula is C14H18FN3O. The molecule has 1 aromatic heterocycles. The summed E-state index contributed by atoms with van der Waals surface area (Å²) in [5.74, 6) is 0.665. The van der Waals surface area contributed by atoms with Crippen molar-refractivity contribution in [1.29, 1.82) is 0 Å². The Bertz CT molecular complexity index is 553. The van der Waals surface area contributed by atoms with Crippen molar-refractivity contribution in [1.82, 2.24) is 15.5 Å². The molecule has 1 aromatic carbocycles. The molecule has 0 aliphatic heterocycles. The molecule has 1 atom stereocenters. The highest BCUT2D eigenvalue weighted by Gasteiger charge is 2.10. The third-order valence-electron chi connectivity index (χ3n) is 3.11. The van der Waals surface area contributed by atoms with E-state index in [2.05, 4.69) is 29.3 Å². The molecule has 1 unspecified atom stereocenters. The van der Waals surface area contributed by atoms with E-state index >= 15 is 0 Å². The van der Waals surface area contributed by atoms with Crippen molar-refractivity contribution in [2.24, 2.45) is 0 Å². The fraction of sp³-hybridized carbons (Fsp3) is 0.429. The second-order valence-corrected chi connectivity index (χ2v) is 4.67. The van der Waals surface area contributed by atoms with E-state index in [0.29, 0.717) is 35.4 Å². The molecule has 2 aromatic rings. The van der Waals surface area contributed by atoms with Gasteiger partial charge in [-0.2, -0.15) is 4.98 Å². The highest BCUT2D eigenvalue weighted by atomic mass is 19.1. The second kappa shape index (κ2) is 5.93. The molecule has 0 radical (unpaired) electrons. The second-order valence-electron chi connectivity index (χ2n) is 4.67. The van der Waals surface area contributed by atoms with E-state index in [1.165, 1.54) is 6.07 Å². The Labute approximate surface area is 112 Å². The van der Waals surface area contributed by atoms with Crippen LogP contribution >= 0.6 is 0 Å². The van der Waals surface area contributed by atoms with E-state index in [0.717, 1.165) is 6.42 Å². The van der Waals surface area contributed by atoms with Gasteiger partial charge in [0.05, 0.1) is 6.54 Å². The molecule has 0 spiro atoms. The zero-order valence-electron chi connectivity index (χ0n) is 11.4. The number of nitrogens with one attached hydrogen (secondary N) is 1. The molecule has 1 heterocycles. The average molecular weight is 263 g/mol. The maximum absolute atomic E-state index is 13.5. The van der Waals surface area contributed by atoms with E-state index in [1.807, 2.05) is 0 Å². The number of aryl methyl sites for hydroxylation is 1. The molecule has 5 heteroatoms. The Morgan fingerprint density at radius 2 is 2.21 bits per heavy atom. The first-order valence-electron chi connectivity index (χ1n) is 6.42. The third kappa shape index (κ3) is 3.38. The van der Waals surface area contributed by atoms with Crippen LogP contribution < -0.4 is 5.32 Å². The van der Waals surface area contributed by atoms with Gasteiger partial charge < -0.3 is 9.84 Å². The fourth-order valence-electron chi connectivity index (χ4n) is 1.58. The van der Waals surface area contributed by atoms with Crippen molar-refractivity contribution in [2.45, 2.75) is 39.8 Å². The van der Waals surface area contributed by atoms with Crippen LogP contribution in [0.3, 0.4) is 0 Å². The summed E-state index contributed by atoms with van der Waals surface area (Å²) in [5, 5.41) is 7.13. The zero-order valence-corrected chi connectivity index (χ0v) is 11.4. The summed E-state index contributed by atoms with van der Waals surface area (Å²) in [6.45, 7) is 6.44. The maximum Gasteiger partial charge on any atom is 0.240 e. The summed E-state index contributed by atoms with van der Waals surface area (Å²) in [4.78, 5) is 4.25. The first-order valence-corrected chi connectivity index (χ1v) is 6.42. The van der Waals surface area contributed by atoms with Gasteiger partial charge in [-0.1, -0.05) is 24.2 Å². The fourth-order valence-corrected chi connectivity index (χ4v) is 1.58. The molecule has 4 nitrogen and oxygen atoms in total. The van der Waals surface area contributed by atoms with Crippen LogP contribution in [0.1, 0.15) is 31.7 Å². The van der Waals surface area contributed by atoms with Crippen molar-refractivity contribution in [3.8, 4) is 11.4 Å². The molecule has 1 N–H and O–H groups in total. The molecule has 0 saturated heterocycles. The number of hydrogen-bond donors (Lipinski definition) is 1. The third-order valence-corrected chi connectivity index (χ3v) is 3.11. The van der Waals surface area contributed by atoms with Gasteiger partial charge >= 0.3 is 0 Å². The first-order chi connectivity index (χ1) is 9.10. The normalized spacial score (nSPS) is 12.6. The molecule has 19 heavy (non-hydrogen) atoms. The highest BCUT2D eigenvalue weighted by molar-refractivity contribution is 5.54. The molecule has 0 aliphatic carbocycles. The largest absolute Gasteiger partial charge is 0.338 e. The van der Waals surface area contributed by atoms with Crippen molar-refractivity contribution >= 4 is 0 Å². The smallest absolute Gasteiger partial charge is 0.240 e. The van der Waals surface area contributed by atoms with Gasteiger partial charge in [0.2, 0.25) is 11.7 Å². The quantitative estimate of drug-likeness (QED) is 0.900. The Kier molecular flexibility index (Phi) is 4.27. The highest BCUT2D eigenvalue weighted by Crippen LogP contribution is 2.18. The molecule has 0 fully saturated rings. The van der Waals surface area contributed by atoms with Gasteiger partial charge in [-0.15, -0.1) is 0 Å². The zero-order chi connectivity index (χ0) is 13.8. The Morgan fingerprint density at radius 1 is 1.42 bits per heavy atom. The lowest BCUT2D eigenvalue weighted by Crippen LogP contribution is -2.24. The molecule has 0 aliphatic rings. The summed E-state index contributed by atoms with van der Waals surface area (Å²) in [6.07, 6.45) is 1.03. The number of nitrogens with zero attached hydrogens (tertiary/aromatic N) is 2. The van der Waals surface area contributed by atoms with E-state index in [4.69, 9.17) is 4.52 Å². The molecule has 2 rings (SSSR count). The van der Waals surface area contributed by atoms with Crippen molar-refractivity contribution < 1.29 is 8.91 Å². The van der Waals surface area contributed by atoms with E-state index in [1.54, 1.807) is 19.1 Å². The van der Waals surface area contributed by atoms with E-state index in [-0.39, 0.29) is 5.82 Å². The molecule has 0 bridgehead atoms. The van der Waals surface area contributed by atoms with Crippen LogP contribution in [0.4, 0.5) is 4.39 Å². The topological polar surface area (TPSA) is 51.0 Å². The minimum atomic E-state index is -0.262. The van der Waals surface area contributed by atoms with Gasteiger partial charge in [0.1, 0.15) is 5.82 Å². The lowest BCUT2D eigenvalue weighted by atomic mass is 10.1. The predicted molar refractivity (Wildman–Crippen MR) is 71.0 cm³/mol. The van der Waals surface area contributed by atoms with Gasteiger partial charge in [0.25, 0.3) is 0 Å². The molecule has 0 amide bonds. The lowest BCUT2D eigenvalue weighted by molar-refractivity contribution is 0.358. The van der Waals surface area contributed by atoms with E-state index < -0.39 is 0 Å². The first kappa shape index (κ1) is 13.7. The van der Waals surface area contributed by atoms with Crippen molar-refractivity contribution in [3.05, 3.63) is 35.5 Å². The molecule has 0 saturated carbocycles. The minimum absolute atomic E-state index is 0.262. The summed E-state index contributed by atoms with van der Waals surface area (Å²) in [6, 6.07) is 5.31. The van der Waals surface area contributed by atoms with E-state index in [9.17, 15) is 4.39 Å². The Hall–Kier alpha value is -1.75. The van der Waals surface area contributed by atoms with Crippen LogP contribution in [0.15, 0.2) is 22.7 Å². The maximum atomic E-state index is 13.5. The number of hydrogen-bond acceptors (Lipinski definition) is 4. The molecule has 102 valence electrons. The Morgan fingerprint density at radius 3 is 2.89 bits per heavy atom. The SMILES string of the molecule is CCC(C)NCc1nc(-c2ccc(C)c(F)c2)no1. The van der Waals surface area contributed by atoms with Crippen molar-refractivity contribution in [3.63, 3.8) is 0 Å². The van der Waals surface area contributed by atoms with Gasteiger partial charge in [-0.3, -0.25) is 0 Å². The number of halogens is 1. The van der Waals surface area contributed by atoms with Gasteiger partial charge in [0, 0.05) is 11.6 Å². The van der Waals surface area contributed by atoms with Gasteiger partial charge in [-0.05, 0) is 31.9 Å². The van der Waals surface area contributed by atoms with Crippen molar-refractivity contribution in [2.75, 3.05) is 0 Å². The van der Waals surface area contributed by atoms with Crippen LogP contribution in [0, 0.1) is 12.7 Å². The summed E-state index contributed by atoms with van der Waals surface area (Å²) in [7, 11) is 0. The predicted octanol–water partition coefficient (Wildman–Crippen LogP) is 3.07. The number of rotatable bonds is 5. The lowest BCUT2D eigenvalue weighted by Gasteiger charge is -2.07. The van der Waals surface area contributed by atoms with Crippen LogP contribution in [0.5, 0.6) is 0 Å². The summed E-state index contributed by atoms with van der Waals surface area (Å²) in [5.41, 5.74) is 1.23. The Balaban J connectivity index is 2.09. The van der Waals surface area contributed by atoms with Crippen LogP contribution in [0.2, 0.25) is 0 Å². The summed E-state index contributed by atoms with van der Waals surface area (Å²) >= 11 is 0. The minimum Gasteiger partial charge on any atom is -0.338 e. The number of benzene rings is 1. The van der Waals surface area contributed by atoms with Crippen LogP contribution in [0.25, 0.3) is 11.4 Å². The average Bonchev–Trinajstić information content (AvgIpc) is 2.88. The summed E-state index contributed by atoms with van der Waals surface area (Å²) < 4.78 is 18.6. The number of aromatic nitrogens is 2. The standard InChI is InChI=1S/C14H18FN3O/c1-4-10(3)16-8-13-17-14(18-19-13)11-6-5-9(2)12(15)7-11/h5-7,10,16H,4,8H2,1-3H3. The van der Waals surface area contributed by atoms with Crippen LogP contribution in [-0.4, -0.2) is 16.2 Å². The monoisotopic (exact) mass is 263 g/mol. The molecular weight excluding hydrogens is 245 g/mol. The van der Waals surface area contributed by atoms with Gasteiger partial charge in [-0.25, -0.2) is 4.39 Å². The van der Waals surface area contributed by atoms with Gasteiger partial charge in [0.15, 0.2) is 0 Å². The van der Waals surface area contributed by atoms with Crippen LogP contribution in [-0.2, 0) is 6.54 Å².